The molecule has 4 rings (SSSR count). The zero-order chi connectivity index (χ0) is 19.6. The number of fused-ring (bicyclic) bond motifs is 3. The SMILES string of the molecule is CCCCCOc1cccc(S(=O)(=O)c2ccc3c(c2)OC2CNCCC32)c1. The molecule has 1 fully saturated rings. The Morgan fingerprint density at radius 2 is 2.00 bits per heavy atom. The normalized spacial score (nSPS) is 20.9. The van der Waals surface area contributed by atoms with Gasteiger partial charge in [-0.2, -0.15) is 0 Å². The molecule has 0 aliphatic carbocycles. The van der Waals surface area contributed by atoms with E-state index >= 15 is 0 Å². The highest BCUT2D eigenvalue weighted by atomic mass is 32.2. The van der Waals surface area contributed by atoms with Gasteiger partial charge < -0.3 is 14.8 Å². The Bertz CT molecular complexity index is 941. The molecule has 0 amide bonds. The second-order valence-corrected chi connectivity index (χ2v) is 9.44. The summed E-state index contributed by atoms with van der Waals surface area (Å²) in [4.78, 5) is 0.513. The highest BCUT2D eigenvalue weighted by Gasteiger charge is 2.36. The average Bonchev–Trinajstić information content (AvgIpc) is 3.09. The van der Waals surface area contributed by atoms with Crippen molar-refractivity contribution >= 4 is 9.84 Å². The summed E-state index contributed by atoms with van der Waals surface area (Å²) in [5.74, 6) is 1.64. The van der Waals surface area contributed by atoms with E-state index in [0.29, 0.717) is 24.0 Å². The molecular weight excluding hydrogens is 374 g/mol. The van der Waals surface area contributed by atoms with Crippen LogP contribution in [0.1, 0.15) is 44.1 Å². The van der Waals surface area contributed by atoms with Gasteiger partial charge in [0.25, 0.3) is 0 Å². The summed E-state index contributed by atoms with van der Waals surface area (Å²) in [6, 6.07) is 12.1. The maximum atomic E-state index is 13.2. The van der Waals surface area contributed by atoms with Crippen molar-refractivity contribution in [1.82, 2.24) is 5.32 Å². The first-order valence-corrected chi connectivity index (χ1v) is 11.6. The lowest BCUT2D eigenvalue weighted by Crippen LogP contribution is -2.39. The second kappa shape index (κ2) is 8.13. The van der Waals surface area contributed by atoms with Crippen LogP contribution in [0.3, 0.4) is 0 Å². The molecule has 5 nitrogen and oxygen atoms in total. The third-order valence-corrected chi connectivity index (χ3v) is 7.28. The van der Waals surface area contributed by atoms with Crippen LogP contribution < -0.4 is 14.8 Å². The molecule has 28 heavy (non-hydrogen) atoms. The van der Waals surface area contributed by atoms with Gasteiger partial charge in [0, 0.05) is 18.0 Å². The molecule has 1 N–H and O–H groups in total. The van der Waals surface area contributed by atoms with E-state index in [0.717, 1.165) is 44.3 Å². The minimum Gasteiger partial charge on any atom is -0.494 e. The Balaban J connectivity index is 1.56. The Labute approximate surface area is 167 Å². The minimum atomic E-state index is -3.63. The molecule has 2 aromatic rings. The number of sulfone groups is 1. The highest BCUT2D eigenvalue weighted by molar-refractivity contribution is 7.91. The van der Waals surface area contributed by atoms with Crippen molar-refractivity contribution in [2.24, 2.45) is 0 Å². The third-order valence-electron chi connectivity index (χ3n) is 5.53. The van der Waals surface area contributed by atoms with Crippen LogP contribution in [0.2, 0.25) is 0 Å². The Kier molecular flexibility index (Phi) is 5.60. The summed E-state index contributed by atoms with van der Waals surface area (Å²) in [6.45, 7) is 4.51. The van der Waals surface area contributed by atoms with Crippen molar-refractivity contribution in [2.45, 2.75) is 54.4 Å². The fourth-order valence-corrected chi connectivity index (χ4v) is 5.28. The van der Waals surface area contributed by atoms with Crippen LogP contribution in [0.15, 0.2) is 52.3 Å². The van der Waals surface area contributed by atoms with E-state index in [4.69, 9.17) is 9.47 Å². The number of unbranched alkanes of at least 4 members (excludes halogenated alkanes) is 2. The Morgan fingerprint density at radius 3 is 2.86 bits per heavy atom. The van der Waals surface area contributed by atoms with Gasteiger partial charge in [-0.3, -0.25) is 0 Å². The van der Waals surface area contributed by atoms with Gasteiger partial charge in [-0.05, 0) is 49.7 Å². The van der Waals surface area contributed by atoms with E-state index in [9.17, 15) is 8.42 Å². The first kappa shape index (κ1) is 19.3. The summed E-state index contributed by atoms with van der Waals surface area (Å²) in [5.41, 5.74) is 1.12. The van der Waals surface area contributed by atoms with Crippen molar-refractivity contribution in [3.8, 4) is 11.5 Å². The van der Waals surface area contributed by atoms with Crippen molar-refractivity contribution in [3.05, 3.63) is 48.0 Å². The fraction of sp³-hybridized carbons (Fsp3) is 0.455. The number of nitrogens with one attached hydrogen (secondary N) is 1. The lowest BCUT2D eigenvalue weighted by molar-refractivity contribution is 0.176. The molecule has 0 saturated carbocycles. The molecule has 2 aliphatic rings. The summed E-state index contributed by atoms with van der Waals surface area (Å²) in [6.07, 6.45) is 4.30. The number of benzene rings is 2. The van der Waals surface area contributed by atoms with Crippen molar-refractivity contribution < 1.29 is 17.9 Å². The zero-order valence-electron chi connectivity index (χ0n) is 16.2. The van der Waals surface area contributed by atoms with Gasteiger partial charge in [0.2, 0.25) is 9.84 Å². The number of hydrogen-bond acceptors (Lipinski definition) is 5. The van der Waals surface area contributed by atoms with Gasteiger partial charge >= 0.3 is 0 Å². The fourth-order valence-electron chi connectivity index (χ4n) is 3.97. The van der Waals surface area contributed by atoms with Crippen LogP contribution in [-0.2, 0) is 9.84 Å². The zero-order valence-corrected chi connectivity index (χ0v) is 17.0. The van der Waals surface area contributed by atoms with Gasteiger partial charge in [0.1, 0.15) is 17.6 Å². The molecule has 0 radical (unpaired) electrons. The van der Waals surface area contributed by atoms with E-state index in [-0.39, 0.29) is 15.9 Å². The number of rotatable bonds is 7. The first-order chi connectivity index (χ1) is 13.6. The van der Waals surface area contributed by atoms with Gasteiger partial charge in [-0.15, -0.1) is 0 Å². The molecular formula is C22H27NO4S. The molecule has 6 heteroatoms. The minimum absolute atomic E-state index is 0.0987. The molecule has 2 atom stereocenters. The molecule has 0 bridgehead atoms. The largest absolute Gasteiger partial charge is 0.494 e. The summed E-state index contributed by atoms with van der Waals surface area (Å²) >= 11 is 0. The van der Waals surface area contributed by atoms with Crippen LogP contribution >= 0.6 is 0 Å². The first-order valence-electron chi connectivity index (χ1n) is 10.1. The topological polar surface area (TPSA) is 64.6 Å². The predicted octanol–water partition coefficient (Wildman–Crippen LogP) is 3.93. The summed E-state index contributed by atoms with van der Waals surface area (Å²) < 4.78 is 38.1. The van der Waals surface area contributed by atoms with Gasteiger partial charge in [-0.25, -0.2) is 8.42 Å². The van der Waals surface area contributed by atoms with Gasteiger partial charge in [0.15, 0.2) is 0 Å². The lowest BCUT2D eigenvalue weighted by Gasteiger charge is -2.24. The van der Waals surface area contributed by atoms with Crippen LogP contribution in [0.4, 0.5) is 0 Å². The van der Waals surface area contributed by atoms with Crippen molar-refractivity contribution in [1.29, 1.82) is 0 Å². The molecule has 1 saturated heterocycles. The summed E-state index contributed by atoms with van der Waals surface area (Å²) in [5, 5.41) is 3.34. The molecule has 2 unspecified atom stereocenters. The van der Waals surface area contributed by atoms with Crippen LogP contribution in [-0.4, -0.2) is 34.2 Å². The molecule has 2 aliphatic heterocycles. The van der Waals surface area contributed by atoms with E-state index in [2.05, 4.69) is 12.2 Å². The van der Waals surface area contributed by atoms with E-state index in [1.165, 1.54) is 0 Å². The lowest BCUT2D eigenvalue weighted by atomic mass is 9.90. The van der Waals surface area contributed by atoms with Gasteiger partial charge in [-0.1, -0.05) is 31.9 Å². The Hall–Kier alpha value is -2.05. The molecule has 150 valence electrons. The summed E-state index contributed by atoms with van der Waals surface area (Å²) in [7, 11) is -3.63. The molecule has 2 heterocycles. The second-order valence-electron chi connectivity index (χ2n) is 7.49. The monoisotopic (exact) mass is 401 g/mol. The smallest absolute Gasteiger partial charge is 0.206 e. The average molecular weight is 402 g/mol. The van der Waals surface area contributed by atoms with E-state index in [1.54, 1.807) is 36.4 Å². The Morgan fingerprint density at radius 1 is 1.14 bits per heavy atom. The van der Waals surface area contributed by atoms with E-state index < -0.39 is 9.84 Å². The predicted molar refractivity (Wildman–Crippen MR) is 108 cm³/mol. The highest BCUT2D eigenvalue weighted by Crippen LogP contribution is 2.42. The number of hydrogen-bond donors (Lipinski definition) is 1. The standard InChI is InChI=1S/C22H27NO4S/c1-2-3-4-12-26-16-6-5-7-17(13-16)28(24,25)18-8-9-19-20-10-11-23-15-22(20)27-21(19)14-18/h5-9,13-14,20,22-23H,2-4,10-12,15H2,1H3. The maximum absolute atomic E-state index is 13.2. The molecule has 2 aromatic carbocycles. The maximum Gasteiger partial charge on any atom is 0.206 e. The van der Waals surface area contributed by atoms with Crippen molar-refractivity contribution in [2.75, 3.05) is 19.7 Å². The molecule has 0 aromatic heterocycles. The van der Waals surface area contributed by atoms with Gasteiger partial charge in [0.05, 0.1) is 16.4 Å². The third kappa shape index (κ3) is 3.76. The molecule has 0 spiro atoms. The van der Waals surface area contributed by atoms with Crippen molar-refractivity contribution in [3.63, 3.8) is 0 Å². The van der Waals surface area contributed by atoms with E-state index in [1.807, 2.05) is 6.07 Å². The number of ether oxygens (including phenoxy) is 2. The van der Waals surface area contributed by atoms with Crippen LogP contribution in [0.25, 0.3) is 0 Å². The number of piperidine rings is 1. The van der Waals surface area contributed by atoms with Crippen LogP contribution in [0, 0.1) is 0 Å². The van der Waals surface area contributed by atoms with Crippen LogP contribution in [0.5, 0.6) is 11.5 Å². The quantitative estimate of drug-likeness (QED) is 0.712.